The normalized spacial score (nSPS) is 14.6. The van der Waals surface area contributed by atoms with Crippen molar-refractivity contribution in [1.29, 1.82) is 0 Å². The summed E-state index contributed by atoms with van der Waals surface area (Å²) in [6.45, 7) is 2.93. The van der Waals surface area contributed by atoms with Crippen molar-refractivity contribution in [1.82, 2.24) is 10.3 Å². The fourth-order valence-electron chi connectivity index (χ4n) is 2.22. The van der Waals surface area contributed by atoms with Gasteiger partial charge in [0.05, 0.1) is 0 Å². The average molecular weight is 273 g/mol. The van der Waals surface area contributed by atoms with E-state index in [4.69, 9.17) is 11.6 Å². The first-order chi connectivity index (χ1) is 9.24. The Hall–Kier alpha value is -1.38. The van der Waals surface area contributed by atoms with E-state index in [2.05, 4.69) is 35.4 Å². The second-order valence-corrected chi connectivity index (χ2v) is 5.56. The first kappa shape index (κ1) is 12.6. The van der Waals surface area contributed by atoms with Crippen LogP contribution in [-0.4, -0.2) is 11.0 Å². The Morgan fingerprint density at radius 1 is 1.32 bits per heavy atom. The van der Waals surface area contributed by atoms with E-state index in [1.807, 2.05) is 18.5 Å². The van der Waals surface area contributed by atoms with Crippen molar-refractivity contribution in [3.05, 3.63) is 52.8 Å². The Kier molecular flexibility index (Phi) is 3.54. The zero-order valence-electron chi connectivity index (χ0n) is 11.0. The van der Waals surface area contributed by atoms with Crippen LogP contribution in [0.15, 0.2) is 36.7 Å². The summed E-state index contributed by atoms with van der Waals surface area (Å²) in [5, 5.41) is 4.35. The summed E-state index contributed by atoms with van der Waals surface area (Å²) in [6.07, 6.45) is 6.31. The highest BCUT2D eigenvalue weighted by Gasteiger charge is 2.20. The molecule has 0 aliphatic heterocycles. The first-order valence-electron chi connectivity index (χ1n) is 6.67. The van der Waals surface area contributed by atoms with Gasteiger partial charge in [-0.15, -0.1) is 0 Å². The van der Waals surface area contributed by atoms with Gasteiger partial charge in [-0.05, 0) is 60.2 Å². The van der Waals surface area contributed by atoms with Gasteiger partial charge in [-0.3, -0.25) is 4.98 Å². The summed E-state index contributed by atoms with van der Waals surface area (Å²) in [5.41, 5.74) is 4.78. The second-order valence-electron chi connectivity index (χ2n) is 5.15. The molecule has 3 heteroatoms. The number of nitrogens with one attached hydrogen (secondary N) is 1. The molecule has 0 bridgehead atoms. The van der Waals surface area contributed by atoms with Gasteiger partial charge in [0.15, 0.2) is 0 Å². The molecular weight excluding hydrogens is 256 g/mol. The molecule has 1 fully saturated rings. The summed E-state index contributed by atoms with van der Waals surface area (Å²) in [5.74, 6) is 0. The third kappa shape index (κ3) is 2.96. The molecule has 3 rings (SSSR count). The third-order valence-corrected chi connectivity index (χ3v) is 3.90. The predicted molar refractivity (Wildman–Crippen MR) is 79.3 cm³/mol. The van der Waals surface area contributed by atoms with Crippen LogP contribution in [0.1, 0.15) is 24.0 Å². The van der Waals surface area contributed by atoms with Crippen LogP contribution in [0, 0.1) is 6.92 Å². The van der Waals surface area contributed by atoms with Crippen molar-refractivity contribution in [2.24, 2.45) is 0 Å². The van der Waals surface area contributed by atoms with E-state index in [-0.39, 0.29) is 0 Å². The molecule has 1 aromatic carbocycles. The molecule has 1 aliphatic carbocycles. The van der Waals surface area contributed by atoms with E-state index in [1.54, 1.807) is 0 Å². The van der Waals surface area contributed by atoms with Crippen molar-refractivity contribution in [2.45, 2.75) is 32.4 Å². The van der Waals surface area contributed by atoms with Crippen LogP contribution in [0.25, 0.3) is 11.1 Å². The van der Waals surface area contributed by atoms with Crippen molar-refractivity contribution in [2.75, 3.05) is 0 Å². The van der Waals surface area contributed by atoms with E-state index in [0.717, 1.165) is 11.6 Å². The zero-order valence-corrected chi connectivity index (χ0v) is 11.7. The van der Waals surface area contributed by atoms with Crippen LogP contribution in [0.2, 0.25) is 5.02 Å². The monoisotopic (exact) mass is 272 g/mol. The molecule has 0 radical (unpaired) electrons. The van der Waals surface area contributed by atoms with Crippen molar-refractivity contribution >= 4 is 11.6 Å². The van der Waals surface area contributed by atoms with Gasteiger partial charge in [-0.1, -0.05) is 17.7 Å². The van der Waals surface area contributed by atoms with Gasteiger partial charge in [0.25, 0.3) is 0 Å². The number of nitrogens with zero attached hydrogens (tertiary/aromatic N) is 1. The molecule has 2 nitrogen and oxygen atoms in total. The van der Waals surface area contributed by atoms with E-state index in [0.29, 0.717) is 6.04 Å². The van der Waals surface area contributed by atoms with Crippen molar-refractivity contribution < 1.29 is 0 Å². The third-order valence-electron chi connectivity index (χ3n) is 3.54. The number of benzene rings is 1. The number of hydrogen-bond acceptors (Lipinski definition) is 2. The maximum absolute atomic E-state index is 6.27. The topological polar surface area (TPSA) is 24.9 Å². The Bertz CT molecular complexity index is 591. The summed E-state index contributed by atoms with van der Waals surface area (Å²) in [7, 11) is 0. The average Bonchev–Trinajstić information content (AvgIpc) is 3.23. The highest BCUT2D eigenvalue weighted by molar-refractivity contribution is 6.31. The quantitative estimate of drug-likeness (QED) is 0.911. The number of halogens is 1. The van der Waals surface area contributed by atoms with Gasteiger partial charge in [-0.25, -0.2) is 0 Å². The Balaban J connectivity index is 1.89. The van der Waals surface area contributed by atoms with Crippen molar-refractivity contribution in [3.63, 3.8) is 0 Å². The van der Waals surface area contributed by atoms with Gasteiger partial charge in [-0.2, -0.15) is 0 Å². The smallest absolute Gasteiger partial charge is 0.0451 e. The maximum atomic E-state index is 6.27. The van der Waals surface area contributed by atoms with Crippen LogP contribution >= 0.6 is 11.6 Å². The van der Waals surface area contributed by atoms with Crippen LogP contribution < -0.4 is 5.32 Å². The summed E-state index contributed by atoms with van der Waals surface area (Å²) < 4.78 is 0. The Labute approximate surface area is 118 Å². The molecule has 0 saturated heterocycles. The second kappa shape index (κ2) is 5.32. The van der Waals surface area contributed by atoms with E-state index >= 15 is 0 Å². The standard InChI is InChI=1S/C16H17ClN2/c1-11-9-18-7-6-15(11)12-2-5-16(17)13(8-12)10-19-14-3-4-14/h2,5-9,14,19H,3-4,10H2,1H3. The Morgan fingerprint density at radius 3 is 2.89 bits per heavy atom. The lowest BCUT2D eigenvalue weighted by Crippen LogP contribution is -2.15. The molecule has 19 heavy (non-hydrogen) atoms. The number of rotatable bonds is 4. The minimum absolute atomic E-state index is 0.697. The molecular formula is C16H17ClN2. The van der Waals surface area contributed by atoms with E-state index < -0.39 is 0 Å². The molecule has 0 spiro atoms. The number of pyridine rings is 1. The van der Waals surface area contributed by atoms with Gasteiger partial charge in [0.1, 0.15) is 0 Å². The van der Waals surface area contributed by atoms with Crippen LogP contribution in [0.4, 0.5) is 0 Å². The first-order valence-corrected chi connectivity index (χ1v) is 7.04. The molecule has 1 N–H and O–H groups in total. The van der Waals surface area contributed by atoms with Gasteiger partial charge < -0.3 is 5.32 Å². The lowest BCUT2D eigenvalue weighted by atomic mass is 10.0. The van der Waals surface area contributed by atoms with Crippen LogP contribution in [-0.2, 0) is 6.54 Å². The summed E-state index contributed by atoms with van der Waals surface area (Å²) in [4.78, 5) is 4.14. The summed E-state index contributed by atoms with van der Waals surface area (Å²) in [6, 6.07) is 8.99. The number of aromatic nitrogens is 1. The van der Waals surface area contributed by atoms with Crippen LogP contribution in [0.3, 0.4) is 0 Å². The SMILES string of the molecule is Cc1cnccc1-c1ccc(Cl)c(CNC2CC2)c1. The lowest BCUT2D eigenvalue weighted by Gasteiger charge is -2.10. The molecule has 1 aliphatic rings. The van der Waals surface area contributed by atoms with E-state index in [9.17, 15) is 0 Å². The Morgan fingerprint density at radius 2 is 2.16 bits per heavy atom. The summed E-state index contributed by atoms with van der Waals surface area (Å²) >= 11 is 6.27. The molecule has 98 valence electrons. The van der Waals surface area contributed by atoms with Crippen LogP contribution in [0.5, 0.6) is 0 Å². The molecule has 0 unspecified atom stereocenters. The molecule has 2 aromatic rings. The van der Waals surface area contributed by atoms with Crippen molar-refractivity contribution in [3.8, 4) is 11.1 Å². The molecule has 0 atom stereocenters. The fourth-order valence-corrected chi connectivity index (χ4v) is 2.40. The minimum Gasteiger partial charge on any atom is -0.310 e. The highest BCUT2D eigenvalue weighted by atomic mass is 35.5. The number of hydrogen-bond donors (Lipinski definition) is 1. The fraction of sp³-hybridized carbons (Fsp3) is 0.312. The largest absolute Gasteiger partial charge is 0.310 e. The van der Waals surface area contributed by atoms with E-state index in [1.165, 1.54) is 35.1 Å². The van der Waals surface area contributed by atoms with Gasteiger partial charge in [0, 0.05) is 30.0 Å². The molecule has 0 amide bonds. The molecule has 1 aromatic heterocycles. The predicted octanol–water partition coefficient (Wildman–Crippen LogP) is 3.96. The van der Waals surface area contributed by atoms with Gasteiger partial charge >= 0.3 is 0 Å². The molecule has 1 saturated carbocycles. The number of aryl methyl sites for hydroxylation is 1. The molecule has 1 heterocycles. The zero-order chi connectivity index (χ0) is 13.2. The lowest BCUT2D eigenvalue weighted by molar-refractivity contribution is 0.688. The highest BCUT2D eigenvalue weighted by Crippen LogP contribution is 2.28. The minimum atomic E-state index is 0.697. The van der Waals surface area contributed by atoms with Gasteiger partial charge in [0.2, 0.25) is 0 Å². The maximum Gasteiger partial charge on any atom is 0.0451 e.